The maximum Gasteiger partial charge on any atom is -0.0162 e. The summed E-state index contributed by atoms with van der Waals surface area (Å²) in [4.78, 5) is 0. The Morgan fingerprint density at radius 1 is 0.342 bits per heavy atom. The molecule has 0 aliphatic heterocycles. The van der Waals surface area contributed by atoms with E-state index in [1.165, 1.54) is 109 Å². The lowest BCUT2D eigenvalue weighted by Crippen LogP contribution is -2.20. The standard InChI is InChI=1S/C12H22.C12H16.C6H12.C6H6.C2H6/c2*1-3-7-11(8-4-1)12-9-5-2-6-10-12;2*1-2-4-6-5-3-1;1-2/h11-12H,1-10H2;1,3-4,7-8,12H,2,5-6,9-10H2;1-6H2;1-6H;1-2H3. The fourth-order valence-corrected chi connectivity index (χ4v) is 6.82. The van der Waals surface area contributed by atoms with E-state index in [1.807, 2.05) is 50.2 Å². The Labute approximate surface area is 238 Å². The van der Waals surface area contributed by atoms with Crippen molar-refractivity contribution < 1.29 is 0 Å². The first-order valence-electron chi connectivity index (χ1n) is 17.0. The van der Waals surface area contributed by atoms with E-state index in [1.54, 1.807) is 31.2 Å². The van der Waals surface area contributed by atoms with Crippen LogP contribution >= 0.6 is 0 Å². The lowest BCUT2D eigenvalue weighted by atomic mass is 9.73. The van der Waals surface area contributed by atoms with Crippen molar-refractivity contribution in [3.8, 4) is 0 Å². The minimum Gasteiger partial charge on any atom is -0.0683 e. The van der Waals surface area contributed by atoms with Gasteiger partial charge in [0, 0.05) is 0 Å². The molecule has 0 unspecified atom stereocenters. The molecule has 4 saturated carbocycles. The lowest BCUT2D eigenvalue weighted by Gasteiger charge is -2.32. The number of rotatable bonds is 2. The van der Waals surface area contributed by atoms with Gasteiger partial charge in [-0.3, -0.25) is 0 Å². The second-order valence-electron chi connectivity index (χ2n) is 11.8. The van der Waals surface area contributed by atoms with E-state index in [-0.39, 0.29) is 0 Å². The van der Waals surface area contributed by atoms with Crippen molar-refractivity contribution in [1.82, 2.24) is 0 Å². The van der Waals surface area contributed by atoms with Crippen LogP contribution < -0.4 is 0 Å². The lowest BCUT2D eigenvalue weighted by molar-refractivity contribution is 0.196. The summed E-state index contributed by atoms with van der Waals surface area (Å²) in [5, 5.41) is 0. The van der Waals surface area contributed by atoms with Gasteiger partial charge in [-0.2, -0.15) is 0 Å². The largest absolute Gasteiger partial charge is 0.0683 e. The predicted molar refractivity (Wildman–Crippen MR) is 171 cm³/mol. The summed E-state index contributed by atoms with van der Waals surface area (Å²) in [6, 6.07) is 23.0. The van der Waals surface area contributed by atoms with Gasteiger partial charge in [-0.1, -0.05) is 203 Å². The van der Waals surface area contributed by atoms with Crippen molar-refractivity contribution in [1.29, 1.82) is 0 Å². The minimum atomic E-state index is 0.861. The van der Waals surface area contributed by atoms with Crippen molar-refractivity contribution in [2.24, 2.45) is 11.8 Å². The zero-order valence-corrected chi connectivity index (χ0v) is 25.4. The molecule has 0 radical (unpaired) electrons. The zero-order valence-electron chi connectivity index (χ0n) is 25.4. The molecule has 0 spiro atoms. The predicted octanol–water partition coefficient (Wildman–Crippen LogP) is 12.9. The van der Waals surface area contributed by atoms with Crippen LogP contribution in [0.25, 0.3) is 0 Å². The van der Waals surface area contributed by atoms with Gasteiger partial charge < -0.3 is 0 Å². The van der Waals surface area contributed by atoms with E-state index in [0.29, 0.717) is 0 Å². The van der Waals surface area contributed by atoms with Crippen molar-refractivity contribution in [3.05, 3.63) is 72.3 Å². The molecule has 2 aromatic rings. The van der Waals surface area contributed by atoms with Gasteiger partial charge in [0.15, 0.2) is 0 Å². The van der Waals surface area contributed by atoms with Gasteiger partial charge in [-0.05, 0) is 36.2 Å². The molecular weight excluding hydrogens is 456 g/mol. The van der Waals surface area contributed by atoms with Crippen LogP contribution in [0.5, 0.6) is 0 Å². The molecule has 0 nitrogen and oxygen atoms in total. The second-order valence-corrected chi connectivity index (χ2v) is 11.8. The zero-order chi connectivity index (χ0) is 26.9. The molecule has 0 N–H and O–H groups in total. The highest BCUT2D eigenvalue weighted by Gasteiger charge is 2.24. The smallest absolute Gasteiger partial charge is 0.0162 e. The maximum absolute atomic E-state index is 2.27. The highest BCUT2D eigenvalue weighted by atomic mass is 14.3. The topological polar surface area (TPSA) is 0 Å². The van der Waals surface area contributed by atoms with E-state index in [0.717, 1.165) is 17.8 Å². The van der Waals surface area contributed by atoms with Crippen molar-refractivity contribution in [2.45, 2.75) is 155 Å². The average Bonchev–Trinajstić information content (AvgIpc) is 3.06. The molecule has 4 aliphatic rings. The van der Waals surface area contributed by atoms with Crippen LogP contribution in [0.2, 0.25) is 0 Å². The SMILES string of the molecule is C1CCC(C2CCCCC2)CC1.C1CCCCC1.CC.c1ccc(C2CCCCC2)cc1.c1ccccc1. The first kappa shape index (κ1) is 32.7. The summed E-state index contributed by atoms with van der Waals surface area (Å²) < 4.78 is 0. The van der Waals surface area contributed by atoms with Gasteiger partial charge in [0.2, 0.25) is 0 Å². The molecule has 38 heavy (non-hydrogen) atoms. The molecular formula is C38H62. The first-order valence-corrected chi connectivity index (χ1v) is 17.0. The Balaban J connectivity index is 0.000000182. The van der Waals surface area contributed by atoms with Gasteiger partial charge in [-0.25, -0.2) is 0 Å². The van der Waals surface area contributed by atoms with Crippen LogP contribution in [0.1, 0.15) is 160 Å². The minimum absolute atomic E-state index is 0.861. The molecule has 0 bridgehead atoms. The van der Waals surface area contributed by atoms with Gasteiger partial charge in [0.25, 0.3) is 0 Å². The van der Waals surface area contributed by atoms with Gasteiger partial charge in [0.1, 0.15) is 0 Å². The third-order valence-corrected chi connectivity index (χ3v) is 9.01. The van der Waals surface area contributed by atoms with Gasteiger partial charge in [0.05, 0.1) is 0 Å². The average molecular weight is 519 g/mol. The van der Waals surface area contributed by atoms with Gasteiger partial charge in [-0.15, -0.1) is 0 Å². The molecule has 0 amide bonds. The second kappa shape index (κ2) is 23.3. The Kier molecular flexibility index (Phi) is 20.1. The number of hydrogen-bond donors (Lipinski definition) is 0. The summed E-state index contributed by atoms with van der Waals surface area (Å²) in [6.07, 6.45) is 31.5. The van der Waals surface area contributed by atoms with Crippen molar-refractivity contribution >= 4 is 0 Å². The molecule has 0 saturated heterocycles. The fraction of sp³-hybridized carbons (Fsp3) is 0.684. The van der Waals surface area contributed by atoms with Crippen LogP contribution in [0, 0.1) is 11.8 Å². The molecule has 4 fully saturated rings. The van der Waals surface area contributed by atoms with Crippen molar-refractivity contribution in [3.63, 3.8) is 0 Å². The van der Waals surface area contributed by atoms with E-state index < -0.39 is 0 Å². The highest BCUT2D eigenvalue weighted by molar-refractivity contribution is 5.19. The molecule has 0 atom stereocenters. The summed E-state index contributed by atoms with van der Waals surface area (Å²) in [7, 11) is 0. The van der Waals surface area contributed by atoms with Crippen LogP contribution in [0.15, 0.2) is 66.7 Å². The molecule has 4 aliphatic carbocycles. The van der Waals surface area contributed by atoms with E-state index in [2.05, 4.69) is 30.3 Å². The molecule has 2 aromatic carbocycles. The monoisotopic (exact) mass is 518 g/mol. The quantitative estimate of drug-likeness (QED) is 0.371. The molecule has 0 heteroatoms. The third kappa shape index (κ3) is 15.1. The van der Waals surface area contributed by atoms with E-state index in [4.69, 9.17) is 0 Å². The Morgan fingerprint density at radius 3 is 0.947 bits per heavy atom. The van der Waals surface area contributed by atoms with Crippen LogP contribution in [-0.4, -0.2) is 0 Å². The Hall–Kier alpha value is -1.56. The summed E-state index contributed by atoms with van der Waals surface area (Å²) in [5.41, 5.74) is 1.55. The Morgan fingerprint density at radius 2 is 0.605 bits per heavy atom. The van der Waals surface area contributed by atoms with E-state index >= 15 is 0 Å². The summed E-state index contributed by atoms with van der Waals surface area (Å²) in [6.45, 7) is 4.00. The molecule has 6 rings (SSSR count). The maximum atomic E-state index is 2.27. The first-order chi connectivity index (χ1) is 18.9. The Bertz CT molecular complexity index is 644. The fourth-order valence-electron chi connectivity index (χ4n) is 6.82. The normalized spacial score (nSPS) is 20.5. The molecule has 0 aromatic heterocycles. The number of hydrogen-bond acceptors (Lipinski definition) is 0. The van der Waals surface area contributed by atoms with Crippen molar-refractivity contribution in [2.75, 3.05) is 0 Å². The van der Waals surface area contributed by atoms with Crippen LogP contribution in [-0.2, 0) is 0 Å². The summed E-state index contributed by atoms with van der Waals surface area (Å²) >= 11 is 0. The third-order valence-electron chi connectivity index (χ3n) is 9.01. The summed E-state index contributed by atoms with van der Waals surface area (Å²) in [5.74, 6) is 3.14. The molecule has 0 heterocycles. The number of benzene rings is 2. The van der Waals surface area contributed by atoms with Crippen LogP contribution in [0.3, 0.4) is 0 Å². The van der Waals surface area contributed by atoms with Crippen LogP contribution in [0.4, 0.5) is 0 Å². The van der Waals surface area contributed by atoms with E-state index in [9.17, 15) is 0 Å². The van der Waals surface area contributed by atoms with Gasteiger partial charge >= 0.3 is 0 Å². The highest BCUT2D eigenvalue weighted by Crippen LogP contribution is 2.38. The molecule has 214 valence electrons.